The number of nitrogens with one attached hydrogen (secondary N) is 1. The van der Waals surface area contributed by atoms with E-state index in [0.717, 1.165) is 35.5 Å². The van der Waals surface area contributed by atoms with Crippen LogP contribution in [0.2, 0.25) is 5.02 Å². The number of ether oxygens (including phenoxy) is 1. The van der Waals surface area contributed by atoms with Crippen molar-refractivity contribution >= 4 is 28.8 Å². The van der Waals surface area contributed by atoms with Crippen LogP contribution in [-0.2, 0) is 6.42 Å². The van der Waals surface area contributed by atoms with Crippen LogP contribution < -0.4 is 10.1 Å². The van der Waals surface area contributed by atoms with Gasteiger partial charge in [-0.25, -0.2) is 9.97 Å². The molecule has 174 valence electrons. The number of aromatic nitrogens is 2. The Bertz CT molecular complexity index is 1420. The second kappa shape index (κ2) is 10.4. The van der Waals surface area contributed by atoms with Crippen LogP contribution in [0.1, 0.15) is 17.7 Å². The van der Waals surface area contributed by atoms with Crippen molar-refractivity contribution in [3.8, 4) is 22.8 Å². The first-order valence-corrected chi connectivity index (χ1v) is 11.7. The van der Waals surface area contributed by atoms with Gasteiger partial charge in [-0.15, -0.1) is 5.10 Å². The predicted octanol–water partition coefficient (Wildman–Crippen LogP) is 7.40. The Labute approximate surface area is 208 Å². The minimum atomic E-state index is 0.601. The molecule has 2 aromatic heterocycles. The zero-order valence-electron chi connectivity index (χ0n) is 19.1. The van der Waals surface area contributed by atoms with Gasteiger partial charge in [-0.2, -0.15) is 5.11 Å². The molecule has 0 radical (unpaired) electrons. The lowest BCUT2D eigenvalue weighted by Gasteiger charge is -2.13. The molecule has 0 unspecified atom stereocenters. The summed E-state index contributed by atoms with van der Waals surface area (Å²) in [6, 6.07) is 23.4. The number of halogens is 1. The van der Waals surface area contributed by atoms with Crippen molar-refractivity contribution in [3.63, 3.8) is 0 Å². The minimum absolute atomic E-state index is 0.601. The van der Waals surface area contributed by atoms with Crippen molar-refractivity contribution in [2.45, 2.75) is 19.8 Å². The minimum Gasteiger partial charge on any atom is -0.455 e. The Morgan fingerprint density at radius 3 is 2.74 bits per heavy atom. The van der Waals surface area contributed by atoms with Crippen molar-refractivity contribution in [2.24, 2.45) is 15.4 Å². The smallest absolute Gasteiger partial charge is 0.153 e. The lowest BCUT2D eigenvalue weighted by atomic mass is 10.1. The molecule has 3 heterocycles. The molecule has 5 rings (SSSR count). The highest BCUT2D eigenvalue weighted by atomic mass is 35.5. The van der Waals surface area contributed by atoms with Crippen LogP contribution in [0.25, 0.3) is 11.3 Å². The molecule has 1 aliphatic rings. The Morgan fingerprint density at radius 2 is 1.89 bits per heavy atom. The van der Waals surface area contributed by atoms with Gasteiger partial charge in [0.1, 0.15) is 23.8 Å². The highest BCUT2D eigenvalue weighted by Crippen LogP contribution is 2.36. The molecule has 0 amide bonds. The summed E-state index contributed by atoms with van der Waals surface area (Å²) in [5.41, 5.74) is 5.56. The van der Waals surface area contributed by atoms with E-state index in [1.807, 2.05) is 67.6 Å². The summed E-state index contributed by atoms with van der Waals surface area (Å²) < 4.78 is 6.24. The Balaban J connectivity index is 1.33. The van der Waals surface area contributed by atoms with Crippen molar-refractivity contribution in [3.05, 3.63) is 95.3 Å². The first kappa shape index (κ1) is 22.7. The van der Waals surface area contributed by atoms with E-state index in [0.29, 0.717) is 34.6 Å². The van der Waals surface area contributed by atoms with Gasteiger partial charge in [-0.05, 0) is 67.0 Å². The number of hydrogen-bond donors (Lipinski definition) is 1. The normalized spacial score (nSPS) is 12.5. The highest BCUT2D eigenvalue weighted by Gasteiger charge is 2.13. The zero-order chi connectivity index (χ0) is 24.0. The summed E-state index contributed by atoms with van der Waals surface area (Å²) >= 11 is 6.44. The van der Waals surface area contributed by atoms with Crippen LogP contribution in [0, 0.1) is 6.92 Å². The van der Waals surface area contributed by atoms with E-state index in [1.54, 1.807) is 6.20 Å². The highest BCUT2D eigenvalue weighted by molar-refractivity contribution is 6.33. The molecule has 0 fully saturated rings. The quantitative estimate of drug-likeness (QED) is 0.283. The van der Waals surface area contributed by atoms with Gasteiger partial charge in [0.15, 0.2) is 5.75 Å². The van der Waals surface area contributed by atoms with Crippen molar-refractivity contribution in [1.82, 2.24) is 9.97 Å². The van der Waals surface area contributed by atoms with E-state index in [-0.39, 0.29) is 0 Å². The van der Waals surface area contributed by atoms with Crippen LogP contribution in [0.5, 0.6) is 11.5 Å². The van der Waals surface area contributed by atoms with Gasteiger partial charge in [0.25, 0.3) is 0 Å². The number of anilines is 2. The molecule has 0 bridgehead atoms. The van der Waals surface area contributed by atoms with E-state index in [4.69, 9.17) is 16.3 Å². The fourth-order valence-corrected chi connectivity index (χ4v) is 3.98. The summed E-state index contributed by atoms with van der Waals surface area (Å²) in [5, 5.41) is 15.6. The number of hydrogen-bond acceptors (Lipinski definition) is 7. The Hall–Kier alpha value is -4.10. The number of nitrogens with zero attached hydrogens (tertiary/aromatic N) is 5. The number of rotatable bonds is 8. The van der Waals surface area contributed by atoms with Crippen LogP contribution in [0.15, 0.2) is 94.4 Å². The van der Waals surface area contributed by atoms with Gasteiger partial charge < -0.3 is 10.1 Å². The molecule has 0 atom stereocenters. The molecule has 35 heavy (non-hydrogen) atoms. The average Bonchev–Trinajstić information content (AvgIpc) is 3.39. The van der Waals surface area contributed by atoms with E-state index in [9.17, 15) is 0 Å². The predicted molar refractivity (Wildman–Crippen MR) is 139 cm³/mol. The van der Waals surface area contributed by atoms with Gasteiger partial charge >= 0.3 is 0 Å². The van der Waals surface area contributed by atoms with Crippen molar-refractivity contribution in [2.75, 3.05) is 11.9 Å². The Morgan fingerprint density at radius 1 is 0.971 bits per heavy atom. The molecule has 7 nitrogen and oxygen atoms in total. The molecule has 2 aromatic carbocycles. The average molecular weight is 483 g/mol. The van der Waals surface area contributed by atoms with Crippen LogP contribution in [0.4, 0.5) is 11.5 Å². The van der Waals surface area contributed by atoms with Crippen LogP contribution >= 0.6 is 11.6 Å². The van der Waals surface area contributed by atoms with Gasteiger partial charge in [-0.3, -0.25) is 0 Å². The first-order chi connectivity index (χ1) is 17.1. The van der Waals surface area contributed by atoms with E-state index >= 15 is 0 Å². The second-order valence-corrected chi connectivity index (χ2v) is 8.55. The van der Waals surface area contributed by atoms with Gasteiger partial charge in [-0.1, -0.05) is 41.9 Å². The summed E-state index contributed by atoms with van der Waals surface area (Å²) in [5.74, 6) is 1.94. The molecule has 0 aliphatic carbocycles. The maximum absolute atomic E-state index is 6.44. The fraction of sp³-hybridized carbons (Fsp3) is 0.148. The standard InChI is InChI=1S/C27H23ClN6O/c1-18-9-12-25(27(31-18)23-7-2-3-8-24(23)28)35-22-13-14-29-26(16-22)32-20-6-4-5-19(15-20)10-11-21-17-30-34-33-21/h2-9,12-16H,10-11,17H2,1H3,(H,29,32). The topological polar surface area (TPSA) is 84.1 Å². The molecule has 0 saturated heterocycles. The van der Waals surface area contributed by atoms with Crippen molar-refractivity contribution < 1.29 is 4.74 Å². The fourth-order valence-electron chi connectivity index (χ4n) is 3.75. The number of pyridine rings is 2. The van der Waals surface area contributed by atoms with Gasteiger partial charge in [0.05, 0.1) is 10.7 Å². The second-order valence-electron chi connectivity index (χ2n) is 8.14. The lowest BCUT2D eigenvalue weighted by Crippen LogP contribution is -2.01. The Kier molecular flexibility index (Phi) is 6.77. The molecule has 0 saturated carbocycles. The molecular formula is C27H23ClN6O. The largest absolute Gasteiger partial charge is 0.455 e. The summed E-state index contributed by atoms with van der Waals surface area (Å²) in [6.07, 6.45) is 3.43. The maximum atomic E-state index is 6.44. The maximum Gasteiger partial charge on any atom is 0.153 e. The zero-order valence-corrected chi connectivity index (χ0v) is 19.9. The van der Waals surface area contributed by atoms with E-state index in [2.05, 4.69) is 42.9 Å². The summed E-state index contributed by atoms with van der Waals surface area (Å²) in [7, 11) is 0. The van der Waals surface area contributed by atoms with Crippen molar-refractivity contribution in [1.29, 1.82) is 0 Å². The van der Waals surface area contributed by atoms with E-state index in [1.165, 1.54) is 5.56 Å². The third-order valence-electron chi connectivity index (χ3n) is 5.49. The third-order valence-corrected chi connectivity index (χ3v) is 5.82. The molecule has 1 aliphatic heterocycles. The van der Waals surface area contributed by atoms with Gasteiger partial charge in [0.2, 0.25) is 0 Å². The summed E-state index contributed by atoms with van der Waals surface area (Å²) in [4.78, 5) is 9.14. The molecule has 4 aromatic rings. The number of aryl methyl sites for hydroxylation is 2. The third kappa shape index (κ3) is 5.70. The molecular weight excluding hydrogens is 460 g/mol. The molecule has 0 spiro atoms. The van der Waals surface area contributed by atoms with Crippen LogP contribution in [-0.4, -0.2) is 22.2 Å². The van der Waals surface area contributed by atoms with Gasteiger partial charge in [0, 0.05) is 29.2 Å². The lowest BCUT2D eigenvalue weighted by molar-refractivity contribution is 0.482. The summed E-state index contributed by atoms with van der Waals surface area (Å²) in [6.45, 7) is 2.54. The SMILES string of the molecule is Cc1ccc(Oc2ccnc(Nc3cccc(CCC4=NN=NC4)c3)c2)c(-c2ccccc2Cl)n1. The molecule has 8 heteroatoms. The number of benzene rings is 2. The molecule has 1 N–H and O–H groups in total. The van der Waals surface area contributed by atoms with E-state index < -0.39 is 0 Å². The van der Waals surface area contributed by atoms with Crippen LogP contribution in [0.3, 0.4) is 0 Å². The monoisotopic (exact) mass is 482 g/mol. The first-order valence-electron chi connectivity index (χ1n) is 11.3.